The van der Waals surface area contributed by atoms with Gasteiger partial charge in [-0.3, -0.25) is 0 Å². The molecule has 1 fully saturated rings. The van der Waals surface area contributed by atoms with Gasteiger partial charge in [0.1, 0.15) is 0 Å². The number of nitrogens with one attached hydrogen (secondary N) is 1. The van der Waals surface area contributed by atoms with Crippen LogP contribution in [0.3, 0.4) is 0 Å². The predicted molar refractivity (Wildman–Crippen MR) is 57.3 cm³/mol. The molecule has 0 bridgehead atoms. The number of primary sulfonamides is 1. The van der Waals surface area contributed by atoms with Crippen LogP contribution in [0, 0.1) is 11.3 Å². The first-order chi connectivity index (χ1) is 6.31. The monoisotopic (exact) mass is 220 g/mol. The third kappa shape index (κ3) is 3.55. The standard InChI is InChI=1S/C9H20N2O2S/c1-9(2,7-14(10,12)13)8-3-5-11-6-4-8/h8,11H,3-7H2,1-2H3,(H2,10,12,13). The zero-order valence-electron chi connectivity index (χ0n) is 8.91. The van der Waals surface area contributed by atoms with Gasteiger partial charge in [-0.1, -0.05) is 13.8 Å². The highest BCUT2D eigenvalue weighted by Gasteiger charge is 2.33. The van der Waals surface area contributed by atoms with Gasteiger partial charge in [0, 0.05) is 0 Å². The molecule has 84 valence electrons. The van der Waals surface area contributed by atoms with Crippen molar-refractivity contribution in [1.82, 2.24) is 5.32 Å². The van der Waals surface area contributed by atoms with Crippen molar-refractivity contribution in [2.75, 3.05) is 18.8 Å². The summed E-state index contributed by atoms with van der Waals surface area (Å²) in [4.78, 5) is 0. The Kier molecular flexibility index (Phi) is 3.55. The largest absolute Gasteiger partial charge is 0.317 e. The van der Waals surface area contributed by atoms with E-state index in [0.717, 1.165) is 25.9 Å². The number of rotatable bonds is 3. The third-order valence-corrected chi connectivity index (χ3v) is 4.16. The predicted octanol–water partition coefficient (Wildman–Crippen LogP) is 0.301. The zero-order chi connectivity index (χ0) is 10.8. The van der Waals surface area contributed by atoms with Gasteiger partial charge in [0.15, 0.2) is 0 Å². The van der Waals surface area contributed by atoms with Gasteiger partial charge in [-0.05, 0) is 37.3 Å². The number of hydrogen-bond donors (Lipinski definition) is 2. The van der Waals surface area contributed by atoms with Crippen LogP contribution in [-0.4, -0.2) is 27.3 Å². The molecule has 0 aromatic carbocycles. The molecule has 1 heterocycles. The van der Waals surface area contributed by atoms with E-state index in [4.69, 9.17) is 5.14 Å². The lowest BCUT2D eigenvalue weighted by molar-refractivity contribution is 0.191. The van der Waals surface area contributed by atoms with E-state index in [-0.39, 0.29) is 11.2 Å². The van der Waals surface area contributed by atoms with E-state index in [9.17, 15) is 8.42 Å². The Morgan fingerprint density at radius 3 is 2.29 bits per heavy atom. The first-order valence-corrected chi connectivity index (χ1v) is 6.74. The quantitative estimate of drug-likeness (QED) is 0.718. The minimum atomic E-state index is -3.35. The minimum absolute atomic E-state index is 0.0880. The molecule has 1 rings (SSSR count). The molecule has 0 aromatic heterocycles. The van der Waals surface area contributed by atoms with Crippen molar-refractivity contribution >= 4 is 10.0 Å². The molecule has 0 aliphatic carbocycles. The molecule has 1 saturated heterocycles. The molecule has 0 atom stereocenters. The van der Waals surface area contributed by atoms with Crippen LogP contribution in [0.4, 0.5) is 0 Å². The normalized spacial score (nSPS) is 21.1. The van der Waals surface area contributed by atoms with Crippen molar-refractivity contribution in [2.45, 2.75) is 26.7 Å². The fourth-order valence-electron chi connectivity index (χ4n) is 2.24. The van der Waals surface area contributed by atoms with Crippen LogP contribution in [0.5, 0.6) is 0 Å². The summed E-state index contributed by atoms with van der Waals surface area (Å²) in [5.41, 5.74) is -0.199. The molecule has 14 heavy (non-hydrogen) atoms. The Morgan fingerprint density at radius 2 is 1.86 bits per heavy atom. The summed E-state index contributed by atoms with van der Waals surface area (Å²) >= 11 is 0. The second-order valence-corrected chi connectivity index (χ2v) is 6.43. The van der Waals surface area contributed by atoms with Crippen LogP contribution >= 0.6 is 0 Å². The van der Waals surface area contributed by atoms with Crippen molar-refractivity contribution < 1.29 is 8.42 Å². The SMILES string of the molecule is CC(C)(CS(N)(=O)=O)C1CCNCC1. The van der Waals surface area contributed by atoms with Gasteiger partial charge < -0.3 is 5.32 Å². The molecule has 0 unspecified atom stereocenters. The van der Waals surface area contributed by atoms with E-state index < -0.39 is 10.0 Å². The lowest BCUT2D eigenvalue weighted by Crippen LogP contribution is -2.40. The average molecular weight is 220 g/mol. The number of hydrogen-bond acceptors (Lipinski definition) is 3. The summed E-state index contributed by atoms with van der Waals surface area (Å²) < 4.78 is 22.1. The average Bonchev–Trinajstić information content (AvgIpc) is 2.01. The summed E-state index contributed by atoms with van der Waals surface area (Å²) in [7, 11) is -3.35. The molecular weight excluding hydrogens is 200 g/mol. The molecule has 0 spiro atoms. The number of piperidine rings is 1. The molecule has 0 aromatic rings. The second kappa shape index (κ2) is 4.16. The van der Waals surface area contributed by atoms with Crippen molar-refractivity contribution in [3.05, 3.63) is 0 Å². The first kappa shape index (κ1) is 11.9. The molecular formula is C9H20N2O2S. The van der Waals surface area contributed by atoms with Gasteiger partial charge >= 0.3 is 0 Å². The second-order valence-electron chi connectivity index (χ2n) is 4.82. The molecule has 1 aliphatic heterocycles. The summed E-state index contributed by atoms with van der Waals surface area (Å²) in [5.74, 6) is 0.548. The number of sulfonamides is 1. The molecule has 3 N–H and O–H groups in total. The van der Waals surface area contributed by atoms with Gasteiger partial charge in [-0.2, -0.15) is 0 Å². The Bertz CT molecular complexity index is 279. The van der Waals surface area contributed by atoms with Gasteiger partial charge in [0.2, 0.25) is 10.0 Å². The lowest BCUT2D eigenvalue weighted by Gasteiger charge is -2.36. The molecule has 5 heteroatoms. The summed E-state index contributed by atoms with van der Waals surface area (Å²) in [6.07, 6.45) is 2.09. The van der Waals surface area contributed by atoms with E-state index in [2.05, 4.69) is 5.32 Å². The van der Waals surface area contributed by atoms with Crippen molar-refractivity contribution in [2.24, 2.45) is 16.5 Å². The van der Waals surface area contributed by atoms with E-state index >= 15 is 0 Å². The van der Waals surface area contributed by atoms with Gasteiger partial charge in [0.05, 0.1) is 5.75 Å². The molecule has 0 radical (unpaired) electrons. The van der Waals surface area contributed by atoms with Gasteiger partial charge in [-0.25, -0.2) is 13.6 Å². The summed E-state index contributed by atoms with van der Waals surface area (Å²) in [6.45, 7) is 5.96. The maximum Gasteiger partial charge on any atom is 0.209 e. The van der Waals surface area contributed by atoms with Crippen LogP contribution in [0.15, 0.2) is 0 Å². The Morgan fingerprint density at radius 1 is 1.36 bits per heavy atom. The van der Waals surface area contributed by atoms with Crippen molar-refractivity contribution in [1.29, 1.82) is 0 Å². The van der Waals surface area contributed by atoms with Crippen LogP contribution in [0.2, 0.25) is 0 Å². The molecule has 1 aliphatic rings. The highest BCUT2D eigenvalue weighted by atomic mass is 32.2. The van der Waals surface area contributed by atoms with Crippen LogP contribution in [0.1, 0.15) is 26.7 Å². The van der Waals surface area contributed by atoms with E-state index in [1.165, 1.54) is 0 Å². The van der Waals surface area contributed by atoms with E-state index in [1.807, 2.05) is 13.8 Å². The lowest BCUT2D eigenvalue weighted by atomic mass is 9.75. The maximum absolute atomic E-state index is 11.1. The third-order valence-electron chi connectivity index (χ3n) is 3.02. The van der Waals surface area contributed by atoms with Crippen LogP contribution in [0.25, 0.3) is 0 Å². The van der Waals surface area contributed by atoms with E-state index in [0.29, 0.717) is 5.92 Å². The Labute approximate surface area is 86.3 Å². The fraction of sp³-hybridized carbons (Fsp3) is 1.00. The minimum Gasteiger partial charge on any atom is -0.317 e. The van der Waals surface area contributed by atoms with Gasteiger partial charge in [-0.15, -0.1) is 0 Å². The van der Waals surface area contributed by atoms with Crippen molar-refractivity contribution in [3.63, 3.8) is 0 Å². The van der Waals surface area contributed by atoms with Crippen LogP contribution < -0.4 is 10.5 Å². The van der Waals surface area contributed by atoms with Gasteiger partial charge in [0.25, 0.3) is 0 Å². The fourth-order valence-corrected chi connectivity index (χ4v) is 3.51. The van der Waals surface area contributed by atoms with Crippen molar-refractivity contribution in [3.8, 4) is 0 Å². The zero-order valence-corrected chi connectivity index (χ0v) is 9.73. The molecule has 0 amide bonds. The maximum atomic E-state index is 11.1. The highest BCUT2D eigenvalue weighted by Crippen LogP contribution is 2.34. The topological polar surface area (TPSA) is 72.2 Å². The Hall–Kier alpha value is -0.130. The first-order valence-electron chi connectivity index (χ1n) is 5.02. The molecule has 4 nitrogen and oxygen atoms in total. The van der Waals surface area contributed by atoms with Crippen LogP contribution in [-0.2, 0) is 10.0 Å². The summed E-state index contributed by atoms with van der Waals surface area (Å²) in [6, 6.07) is 0. The smallest absolute Gasteiger partial charge is 0.209 e. The van der Waals surface area contributed by atoms with E-state index in [1.54, 1.807) is 0 Å². The number of nitrogens with two attached hydrogens (primary N) is 1. The Balaban J connectivity index is 2.63. The molecule has 0 saturated carbocycles. The highest BCUT2D eigenvalue weighted by molar-refractivity contribution is 7.89. The summed E-state index contributed by atoms with van der Waals surface area (Å²) in [5, 5.41) is 8.35.